The van der Waals surface area contributed by atoms with Crippen molar-refractivity contribution in [2.24, 2.45) is 0 Å². The monoisotopic (exact) mass is 312 g/mol. The van der Waals surface area contributed by atoms with Crippen LogP contribution in [0.1, 0.15) is 55.2 Å². The van der Waals surface area contributed by atoms with Gasteiger partial charge in [0.05, 0.1) is 11.4 Å². The van der Waals surface area contributed by atoms with Crippen LogP contribution in [0.5, 0.6) is 0 Å². The molecule has 0 bridgehead atoms. The molecule has 5 heteroatoms. The van der Waals surface area contributed by atoms with Crippen molar-refractivity contribution >= 4 is 12.0 Å². The van der Waals surface area contributed by atoms with E-state index in [1.807, 2.05) is 0 Å². The second kappa shape index (κ2) is 7.40. The van der Waals surface area contributed by atoms with Crippen LogP contribution in [-0.2, 0) is 6.42 Å². The van der Waals surface area contributed by atoms with Crippen LogP contribution in [0, 0.1) is 0 Å². The molecule has 3 rings (SSSR count). The van der Waals surface area contributed by atoms with Gasteiger partial charge in [-0.05, 0) is 56.4 Å². The van der Waals surface area contributed by atoms with Gasteiger partial charge < -0.3 is 4.90 Å². The van der Waals surface area contributed by atoms with Crippen molar-refractivity contribution in [3.05, 3.63) is 35.7 Å². The Balaban J connectivity index is 1.84. The van der Waals surface area contributed by atoms with E-state index >= 15 is 0 Å². The molecule has 0 atom stereocenters. The highest BCUT2D eigenvalue weighted by Gasteiger charge is 2.14. The molecule has 1 fully saturated rings. The Morgan fingerprint density at radius 1 is 1.09 bits per heavy atom. The van der Waals surface area contributed by atoms with E-state index < -0.39 is 0 Å². The largest absolute Gasteiger partial charge is 0.372 e. The first-order chi connectivity index (χ1) is 11.3. The summed E-state index contributed by atoms with van der Waals surface area (Å²) < 4.78 is 1.80. The normalized spacial score (nSPS) is 14.9. The molecule has 0 spiro atoms. The minimum atomic E-state index is 0.457. The molecule has 1 aromatic heterocycles. The molecule has 5 nitrogen and oxygen atoms in total. The molecule has 0 saturated carbocycles. The number of aromatic nitrogens is 3. The zero-order valence-electron chi connectivity index (χ0n) is 13.7. The number of nitrogens with zero attached hydrogens (tertiary/aromatic N) is 4. The van der Waals surface area contributed by atoms with Gasteiger partial charge in [-0.2, -0.15) is 0 Å². The van der Waals surface area contributed by atoms with Gasteiger partial charge in [0.25, 0.3) is 0 Å². The average Bonchev–Trinajstić information content (AvgIpc) is 3.03. The van der Waals surface area contributed by atoms with Gasteiger partial charge in [-0.1, -0.05) is 18.6 Å². The molecule has 122 valence electrons. The van der Waals surface area contributed by atoms with Crippen LogP contribution >= 0.6 is 0 Å². The Morgan fingerprint density at radius 2 is 1.78 bits per heavy atom. The van der Waals surface area contributed by atoms with Crippen LogP contribution < -0.4 is 4.90 Å². The fraction of sp³-hybridized carbons (Fsp3) is 0.500. The van der Waals surface area contributed by atoms with Crippen LogP contribution in [0.2, 0.25) is 0 Å². The summed E-state index contributed by atoms with van der Waals surface area (Å²) in [7, 11) is 0. The Morgan fingerprint density at radius 3 is 2.43 bits per heavy atom. The molecule has 1 aromatic carbocycles. The first-order valence-corrected chi connectivity index (χ1v) is 8.58. The highest BCUT2D eigenvalue weighted by molar-refractivity contribution is 5.73. The molecule has 0 radical (unpaired) electrons. The topological polar surface area (TPSA) is 51.0 Å². The summed E-state index contributed by atoms with van der Waals surface area (Å²) >= 11 is 0. The number of hydrogen-bond donors (Lipinski definition) is 0. The standard InChI is InChI=1S/C18H24N4O/c1-2-3-7-18-17(14-23)19-20-22(18)16-10-8-15(9-11-16)21-12-5-4-6-13-21/h8-11,14H,2-7,12-13H2,1H3. The van der Waals surface area contributed by atoms with E-state index in [0.29, 0.717) is 5.69 Å². The Bertz CT molecular complexity index is 642. The number of aldehydes is 1. The second-order valence-electron chi connectivity index (χ2n) is 6.12. The average molecular weight is 312 g/mol. The number of benzene rings is 1. The summed E-state index contributed by atoms with van der Waals surface area (Å²) in [4.78, 5) is 13.6. The fourth-order valence-corrected chi connectivity index (χ4v) is 3.15. The van der Waals surface area contributed by atoms with Gasteiger partial charge in [0.2, 0.25) is 0 Å². The Kier molecular flexibility index (Phi) is 5.05. The Labute approximate surface area is 137 Å². The molecule has 1 aliphatic rings. The SMILES string of the molecule is CCCCc1c(C=O)nnn1-c1ccc(N2CCCCC2)cc1. The Hall–Kier alpha value is -2.17. The van der Waals surface area contributed by atoms with E-state index in [2.05, 4.69) is 46.4 Å². The van der Waals surface area contributed by atoms with Crippen molar-refractivity contribution in [2.75, 3.05) is 18.0 Å². The number of rotatable bonds is 6. The van der Waals surface area contributed by atoms with Crippen molar-refractivity contribution in [2.45, 2.75) is 45.4 Å². The number of piperidine rings is 1. The predicted octanol–water partition coefficient (Wildman–Crippen LogP) is 3.41. The summed E-state index contributed by atoms with van der Waals surface area (Å²) in [5.74, 6) is 0. The molecular weight excluding hydrogens is 288 g/mol. The molecular formula is C18H24N4O. The van der Waals surface area contributed by atoms with Gasteiger partial charge in [-0.3, -0.25) is 4.79 Å². The molecule has 23 heavy (non-hydrogen) atoms. The highest BCUT2D eigenvalue weighted by Crippen LogP contribution is 2.22. The maximum absolute atomic E-state index is 11.2. The zero-order chi connectivity index (χ0) is 16.1. The van der Waals surface area contributed by atoms with Crippen LogP contribution in [0.3, 0.4) is 0 Å². The zero-order valence-corrected chi connectivity index (χ0v) is 13.7. The van der Waals surface area contributed by atoms with E-state index in [9.17, 15) is 4.79 Å². The van der Waals surface area contributed by atoms with Crippen LogP contribution in [0.4, 0.5) is 5.69 Å². The van der Waals surface area contributed by atoms with Crippen molar-refractivity contribution in [3.8, 4) is 5.69 Å². The predicted molar refractivity (Wildman–Crippen MR) is 91.4 cm³/mol. The summed E-state index contributed by atoms with van der Waals surface area (Å²) in [5.41, 5.74) is 3.60. The van der Waals surface area contributed by atoms with Gasteiger partial charge in [0.1, 0.15) is 5.69 Å². The van der Waals surface area contributed by atoms with E-state index in [1.54, 1.807) is 4.68 Å². The lowest BCUT2D eigenvalue weighted by Gasteiger charge is -2.28. The van der Waals surface area contributed by atoms with Gasteiger partial charge >= 0.3 is 0 Å². The van der Waals surface area contributed by atoms with Crippen LogP contribution in [0.15, 0.2) is 24.3 Å². The van der Waals surface area contributed by atoms with Crippen molar-refractivity contribution in [1.82, 2.24) is 15.0 Å². The second-order valence-corrected chi connectivity index (χ2v) is 6.12. The molecule has 0 amide bonds. The van der Waals surface area contributed by atoms with Crippen molar-refractivity contribution in [3.63, 3.8) is 0 Å². The van der Waals surface area contributed by atoms with Gasteiger partial charge in [-0.25, -0.2) is 4.68 Å². The minimum absolute atomic E-state index is 0.457. The number of carbonyl (C=O) groups excluding carboxylic acids is 1. The lowest BCUT2D eigenvalue weighted by molar-refractivity contribution is 0.111. The quantitative estimate of drug-likeness (QED) is 0.767. The number of anilines is 1. The lowest BCUT2D eigenvalue weighted by Crippen LogP contribution is -2.29. The number of hydrogen-bond acceptors (Lipinski definition) is 4. The van der Waals surface area contributed by atoms with Gasteiger partial charge in [0.15, 0.2) is 6.29 Å². The minimum Gasteiger partial charge on any atom is -0.372 e. The van der Waals surface area contributed by atoms with Crippen molar-refractivity contribution < 1.29 is 4.79 Å². The molecule has 1 aliphatic heterocycles. The van der Waals surface area contributed by atoms with E-state index in [0.717, 1.165) is 50.0 Å². The molecule has 0 unspecified atom stereocenters. The summed E-state index contributed by atoms with van der Waals surface area (Å²) in [6.07, 6.45) is 7.62. The molecule has 0 N–H and O–H groups in total. The number of carbonyl (C=O) groups is 1. The lowest BCUT2D eigenvalue weighted by atomic mass is 10.1. The molecule has 2 aromatic rings. The fourth-order valence-electron chi connectivity index (χ4n) is 3.15. The van der Waals surface area contributed by atoms with E-state index in [-0.39, 0.29) is 0 Å². The molecule has 1 saturated heterocycles. The summed E-state index contributed by atoms with van der Waals surface area (Å²) in [5, 5.41) is 8.18. The summed E-state index contributed by atoms with van der Waals surface area (Å²) in [6, 6.07) is 8.43. The van der Waals surface area contributed by atoms with Gasteiger partial charge in [0, 0.05) is 18.8 Å². The third-order valence-electron chi connectivity index (χ3n) is 4.49. The smallest absolute Gasteiger partial charge is 0.172 e. The van der Waals surface area contributed by atoms with E-state index in [4.69, 9.17) is 0 Å². The molecule has 0 aliphatic carbocycles. The third kappa shape index (κ3) is 3.44. The third-order valence-corrected chi connectivity index (χ3v) is 4.49. The van der Waals surface area contributed by atoms with Gasteiger partial charge in [-0.15, -0.1) is 5.10 Å². The number of unbranched alkanes of at least 4 members (excludes halogenated alkanes) is 1. The van der Waals surface area contributed by atoms with Crippen molar-refractivity contribution in [1.29, 1.82) is 0 Å². The summed E-state index contributed by atoms with van der Waals surface area (Å²) in [6.45, 7) is 4.42. The van der Waals surface area contributed by atoms with E-state index in [1.165, 1.54) is 24.9 Å². The first kappa shape index (κ1) is 15.7. The molecule has 2 heterocycles. The highest BCUT2D eigenvalue weighted by atomic mass is 16.1. The van der Waals surface area contributed by atoms with Crippen LogP contribution in [0.25, 0.3) is 5.69 Å². The maximum atomic E-state index is 11.2. The first-order valence-electron chi connectivity index (χ1n) is 8.58. The van der Waals surface area contributed by atoms with Crippen LogP contribution in [-0.4, -0.2) is 34.4 Å². The maximum Gasteiger partial charge on any atom is 0.172 e.